The number of aliphatic imine (C=N–C) groups is 1. The Kier molecular flexibility index (Phi) is 7.24. The molecule has 0 saturated carbocycles. The van der Waals surface area contributed by atoms with Gasteiger partial charge in [-0.2, -0.15) is 0 Å². The monoisotopic (exact) mass is 371 g/mol. The Balaban J connectivity index is 1.95. The zero-order valence-electron chi connectivity index (χ0n) is 15.3. The molecule has 0 atom stereocenters. The minimum atomic E-state index is -3.05. The van der Waals surface area contributed by atoms with Crippen LogP contribution in [0.15, 0.2) is 9.52 Å². The van der Waals surface area contributed by atoms with Gasteiger partial charge in [-0.1, -0.05) is 19.0 Å². The standard InChI is InChI=1S/C16H29N5O3S/c1-4-14-13(15(5-2)24-20-14)12-19-16(17-6-3)18-8-10-21-9-7-11-25(21,22)23/h4-12H2,1-3H3,(H2,17,18,19). The number of sulfonamides is 1. The van der Waals surface area contributed by atoms with E-state index >= 15 is 0 Å². The van der Waals surface area contributed by atoms with Gasteiger partial charge in [0.05, 0.1) is 18.0 Å². The molecule has 2 heterocycles. The van der Waals surface area contributed by atoms with Crippen molar-refractivity contribution in [1.82, 2.24) is 20.1 Å². The van der Waals surface area contributed by atoms with Crippen LogP contribution in [0, 0.1) is 0 Å². The Morgan fingerprint density at radius 3 is 2.68 bits per heavy atom. The highest BCUT2D eigenvalue weighted by molar-refractivity contribution is 7.89. The summed E-state index contributed by atoms with van der Waals surface area (Å²) in [5.41, 5.74) is 1.99. The molecule has 142 valence electrons. The number of hydrogen-bond donors (Lipinski definition) is 2. The predicted molar refractivity (Wildman–Crippen MR) is 98.1 cm³/mol. The predicted octanol–water partition coefficient (Wildman–Crippen LogP) is 0.890. The van der Waals surface area contributed by atoms with Crippen LogP contribution >= 0.6 is 0 Å². The van der Waals surface area contributed by atoms with E-state index in [2.05, 4.69) is 20.8 Å². The number of nitrogens with zero attached hydrogens (tertiary/aromatic N) is 3. The number of rotatable bonds is 8. The van der Waals surface area contributed by atoms with Gasteiger partial charge in [0, 0.05) is 38.2 Å². The zero-order chi connectivity index (χ0) is 18.3. The molecule has 1 aromatic heterocycles. The Labute approximate surface area is 150 Å². The van der Waals surface area contributed by atoms with Gasteiger partial charge in [-0.15, -0.1) is 0 Å². The normalized spacial score (nSPS) is 17.8. The van der Waals surface area contributed by atoms with E-state index in [0.29, 0.717) is 38.6 Å². The van der Waals surface area contributed by atoms with Crippen molar-refractivity contribution in [2.45, 2.75) is 46.6 Å². The van der Waals surface area contributed by atoms with E-state index < -0.39 is 10.0 Å². The van der Waals surface area contributed by atoms with Crippen LogP contribution in [0.2, 0.25) is 0 Å². The lowest BCUT2D eigenvalue weighted by atomic mass is 10.1. The number of aromatic nitrogens is 1. The second-order valence-corrected chi connectivity index (χ2v) is 8.02. The highest BCUT2D eigenvalue weighted by atomic mass is 32.2. The Hall–Kier alpha value is -1.61. The molecule has 1 aromatic rings. The molecular formula is C16H29N5O3S. The van der Waals surface area contributed by atoms with E-state index in [-0.39, 0.29) is 5.75 Å². The Morgan fingerprint density at radius 2 is 2.08 bits per heavy atom. The summed E-state index contributed by atoms with van der Waals surface area (Å²) in [5, 5.41) is 10.5. The minimum Gasteiger partial charge on any atom is -0.361 e. The van der Waals surface area contributed by atoms with Crippen LogP contribution < -0.4 is 10.6 Å². The summed E-state index contributed by atoms with van der Waals surface area (Å²) in [6.07, 6.45) is 2.31. The molecule has 8 nitrogen and oxygen atoms in total. The lowest BCUT2D eigenvalue weighted by Crippen LogP contribution is -2.42. The third kappa shape index (κ3) is 5.18. The molecule has 2 rings (SSSR count). The van der Waals surface area contributed by atoms with E-state index in [4.69, 9.17) is 4.52 Å². The lowest BCUT2D eigenvalue weighted by molar-refractivity contribution is 0.380. The lowest BCUT2D eigenvalue weighted by Gasteiger charge is -2.16. The van der Waals surface area contributed by atoms with Crippen molar-refractivity contribution >= 4 is 16.0 Å². The van der Waals surface area contributed by atoms with Crippen LogP contribution in [0.4, 0.5) is 0 Å². The molecule has 2 N–H and O–H groups in total. The summed E-state index contributed by atoms with van der Waals surface area (Å²) >= 11 is 0. The molecule has 0 radical (unpaired) electrons. The minimum absolute atomic E-state index is 0.258. The molecule has 0 amide bonds. The van der Waals surface area contributed by atoms with Crippen LogP contribution in [-0.4, -0.2) is 55.8 Å². The van der Waals surface area contributed by atoms with Crippen molar-refractivity contribution in [3.8, 4) is 0 Å². The maximum absolute atomic E-state index is 11.8. The van der Waals surface area contributed by atoms with E-state index in [0.717, 1.165) is 36.4 Å². The summed E-state index contributed by atoms with van der Waals surface area (Å²) < 4.78 is 30.5. The summed E-state index contributed by atoms with van der Waals surface area (Å²) in [5.74, 6) is 1.80. The average molecular weight is 372 g/mol. The van der Waals surface area contributed by atoms with Gasteiger partial charge < -0.3 is 15.2 Å². The van der Waals surface area contributed by atoms with Crippen molar-refractivity contribution in [3.05, 3.63) is 17.0 Å². The fraction of sp³-hybridized carbons (Fsp3) is 0.750. The van der Waals surface area contributed by atoms with E-state index in [1.165, 1.54) is 4.31 Å². The maximum Gasteiger partial charge on any atom is 0.214 e. The highest BCUT2D eigenvalue weighted by Gasteiger charge is 2.27. The zero-order valence-corrected chi connectivity index (χ0v) is 16.2. The van der Waals surface area contributed by atoms with Crippen LogP contribution in [-0.2, 0) is 29.4 Å². The first-order valence-corrected chi connectivity index (χ1v) is 10.6. The third-order valence-corrected chi connectivity index (χ3v) is 6.16. The molecule has 1 aliphatic rings. The summed E-state index contributed by atoms with van der Waals surface area (Å²) in [7, 11) is -3.05. The van der Waals surface area contributed by atoms with E-state index in [1.54, 1.807) is 0 Å². The summed E-state index contributed by atoms with van der Waals surface area (Å²) in [6, 6.07) is 0. The fourth-order valence-corrected chi connectivity index (χ4v) is 4.39. The molecule has 0 aliphatic carbocycles. The van der Waals surface area contributed by atoms with Crippen LogP contribution in [0.25, 0.3) is 0 Å². The summed E-state index contributed by atoms with van der Waals surface area (Å²) in [4.78, 5) is 4.60. The van der Waals surface area contributed by atoms with Crippen molar-refractivity contribution in [2.24, 2.45) is 4.99 Å². The van der Waals surface area contributed by atoms with E-state index in [1.807, 2.05) is 20.8 Å². The van der Waals surface area contributed by atoms with Crippen molar-refractivity contribution in [1.29, 1.82) is 0 Å². The first-order valence-electron chi connectivity index (χ1n) is 8.98. The topological polar surface area (TPSA) is 99.8 Å². The van der Waals surface area contributed by atoms with E-state index in [9.17, 15) is 8.42 Å². The molecule has 0 bridgehead atoms. The van der Waals surface area contributed by atoms with Crippen molar-refractivity contribution < 1.29 is 12.9 Å². The Bertz CT molecular complexity index is 662. The van der Waals surface area contributed by atoms with Crippen LogP contribution in [0.1, 0.15) is 44.2 Å². The van der Waals surface area contributed by atoms with Crippen molar-refractivity contribution in [2.75, 3.05) is 31.9 Å². The van der Waals surface area contributed by atoms with Gasteiger partial charge in [-0.25, -0.2) is 17.7 Å². The van der Waals surface area contributed by atoms with Gasteiger partial charge in [0.15, 0.2) is 5.96 Å². The molecule has 0 spiro atoms. The molecule has 0 unspecified atom stereocenters. The molecule has 1 saturated heterocycles. The third-order valence-electron chi connectivity index (χ3n) is 4.20. The van der Waals surface area contributed by atoms with Gasteiger partial charge in [-0.05, 0) is 19.8 Å². The van der Waals surface area contributed by atoms with Gasteiger partial charge >= 0.3 is 0 Å². The number of nitrogens with one attached hydrogen (secondary N) is 2. The first-order chi connectivity index (χ1) is 12.0. The largest absolute Gasteiger partial charge is 0.361 e. The van der Waals surface area contributed by atoms with Crippen LogP contribution in [0.3, 0.4) is 0 Å². The van der Waals surface area contributed by atoms with Gasteiger partial charge in [0.25, 0.3) is 0 Å². The van der Waals surface area contributed by atoms with Crippen molar-refractivity contribution in [3.63, 3.8) is 0 Å². The highest BCUT2D eigenvalue weighted by Crippen LogP contribution is 2.16. The first kappa shape index (κ1) is 19.7. The molecule has 25 heavy (non-hydrogen) atoms. The average Bonchev–Trinajstić information content (AvgIpc) is 3.14. The molecule has 1 aliphatic heterocycles. The van der Waals surface area contributed by atoms with Gasteiger partial charge in [-0.3, -0.25) is 0 Å². The number of guanidine groups is 1. The fourth-order valence-electron chi connectivity index (χ4n) is 2.86. The van der Waals surface area contributed by atoms with Crippen LogP contribution in [0.5, 0.6) is 0 Å². The molecule has 0 aromatic carbocycles. The summed E-state index contributed by atoms with van der Waals surface area (Å²) in [6.45, 7) is 8.90. The second-order valence-electron chi connectivity index (χ2n) is 5.93. The molecular weight excluding hydrogens is 342 g/mol. The second kappa shape index (κ2) is 9.19. The number of hydrogen-bond acceptors (Lipinski definition) is 5. The van der Waals surface area contributed by atoms with Gasteiger partial charge in [0.2, 0.25) is 10.0 Å². The van der Waals surface area contributed by atoms with Gasteiger partial charge in [0.1, 0.15) is 5.76 Å². The maximum atomic E-state index is 11.8. The Morgan fingerprint density at radius 1 is 1.28 bits per heavy atom. The molecule has 9 heteroatoms. The SMILES string of the molecule is CCNC(=NCc1c(CC)noc1CC)NCCN1CCCS1(=O)=O. The molecule has 1 fully saturated rings. The smallest absolute Gasteiger partial charge is 0.214 e. The quantitative estimate of drug-likeness (QED) is 0.520. The number of aryl methyl sites for hydroxylation is 2.